The largest absolute Gasteiger partial charge is 0.382 e. The molecule has 0 saturated carbocycles. The Morgan fingerprint density at radius 2 is 2.00 bits per heavy atom. The molecule has 0 aliphatic rings. The van der Waals surface area contributed by atoms with E-state index in [1.165, 1.54) is 11.2 Å². The van der Waals surface area contributed by atoms with E-state index < -0.39 is 9.84 Å². The lowest BCUT2D eigenvalue weighted by Crippen LogP contribution is -2.25. The van der Waals surface area contributed by atoms with Crippen LogP contribution in [0.4, 0.5) is 5.69 Å². The van der Waals surface area contributed by atoms with Crippen molar-refractivity contribution in [3.63, 3.8) is 0 Å². The molecule has 0 heterocycles. The first-order valence-corrected chi connectivity index (χ1v) is 8.01. The molecule has 106 valence electrons. The number of carbonyl (C=O) groups is 1. The van der Waals surface area contributed by atoms with Crippen molar-refractivity contribution in [1.82, 2.24) is 4.90 Å². The molecule has 19 heavy (non-hydrogen) atoms. The Morgan fingerprint density at radius 1 is 1.37 bits per heavy atom. The Hall–Kier alpha value is -1.56. The first-order chi connectivity index (χ1) is 8.69. The van der Waals surface area contributed by atoms with E-state index in [9.17, 15) is 13.2 Å². The highest BCUT2D eigenvalue weighted by molar-refractivity contribution is 7.90. The van der Waals surface area contributed by atoms with E-state index in [1.54, 1.807) is 39.2 Å². The van der Waals surface area contributed by atoms with Gasteiger partial charge >= 0.3 is 0 Å². The molecular weight excluding hydrogens is 264 g/mol. The topological polar surface area (TPSA) is 66.5 Å². The van der Waals surface area contributed by atoms with E-state index in [-0.39, 0.29) is 17.7 Å². The number of hydrogen-bond donors (Lipinski definition) is 1. The summed E-state index contributed by atoms with van der Waals surface area (Å²) in [5.74, 6) is -0.0295. The number of benzene rings is 1. The minimum atomic E-state index is -3.02. The zero-order valence-electron chi connectivity index (χ0n) is 11.7. The first-order valence-electron chi connectivity index (χ1n) is 5.95. The smallest absolute Gasteiger partial charge is 0.253 e. The molecule has 1 amide bonds. The van der Waals surface area contributed by atoms with Gasteiger partial charge in [0.1, 0.15) is 9.84 Å². The second-order valence-corrected chi connectivity index (χ2v) is 7.10. The molecule has 0 aliphatic heterocycles. The molecule has 0 spiro atoms. The fraction of sp³-hybridized carbons (Fsp3) is 0.462. The number of nitrogens with one attached hydrogen (secondary N) is 1. The van der Waals surface area contributed by atoms with E-state index in [1.807, 2.05) is 6.07 Å². The monoisotopic (exact) mass is 284 g/mol. The molecule has 1 rings (SSSR count). The van der Waals surface area contributed by atoms with Crippen LogP contribution in [0.25, 0.3) is 0 Å². The number of carbonyl (C=O) groups excluding carboxylic acids is 1. The Labute approximate surface area is 114 Å². The van der Waals surface area contributed by atoms with E-state index in [0.717, 1.165) is 5.69 Å². The highest BCUT2D eigenvalue weighted by atomic mass is 32.2. The molecule has 0 aliphatic carbocycles. The van der Waals surface area contributed by atoms with Crippen LogP contribution in [0.1, 0.15) is 17.3 Å². The molecule has 0 saturated heterocycles. The maximum Gasteiger partial charge on any atom is 0.253 e. The van der Waals surface area contributed by atoms with Crippen LogP contribution in [-0.2, 0) is 9.84 Å². The van der Waals surface area contributed by atoms with Gasteiger partial charge in [0, 0.05) is 37.6 Å². The van der Waals surface area contributed by atoms with Crippen molar-refractivity contribution < 1.29 is 13.2 Å². The van der Waals surface area contributed by atoms with E-state index >= 15 is 0 Å². The number of rotatable bonds is 5. The van der Waals surface area contributed by atoms with Crippen LogP contribution >= 0.6 is 0 Å². The molecule has 1 aromatic rings. The van der Waals surface area contributed by atoms with Crippen LogP contribution in [0.15, 0.2) is 24.3 Å². The summed E-state index contributed by atoms with van der Waals surface area (Å²) in [6.07, 6.45) is 1.21. The number of hydrogen-bond acceptors (Lipinski definition) is 4. The lowest BCUT2D eigenvalue weighted by molar-refractivity contribution is 0.0827. The van der Waals surface area contributed by atoms with Crippen LogP contribution in [0.5, 0.6) is 0 Å². The summed E-state index contributed by atoms with van der Waals surface area (Å²) in [5.41, 5.74) is 1.31. The van der Waals surface area contributed by atoms with Crippen molar-refractivity contribution in [2.24, 2.45) is 0 Å². The van der Waals surface area contributed by atoms with Gasteiger partial charge in [-0.05, 0) is 25.1 Å². The number of sulfone groups is 1. The second kappa shape index (κ2) is 6.06. The van der Waals surface area contributed by atoms with Gasteiger partial charge in [-0.3, -0.25) is 4.79 Å². The SMILES string of the molecule is CC(CS(C)(=O)=O)Nc1cccc(C(=O)N(C)C)c1. The fourth-order valence-corrected chi connectivity index (χ4v) is 2.77. The minimum absolute atomic E-state index is 0.0544. The molecule has 1 aromatic carbocycles. The van der Waals surface area contributed by atoms with Gasteiger partial charge < -0.3 is 10.2 Å². The number of anilines is 1. The van der Waals surface area contributed by atoms with Gasteiger partial charge in [0.05, 0.1) is 5.75 Å². The number of nitrogens with zero attached hydrogens (tertiary/aromatic N) is 1. The van der Waals surface area contributed by atoms with Gasteiger partial charge in [-0.25, -0.2) is 8.42 Å². The average molecular weight is 284 g/mol. The van der Waals surface area contributed by atoms with E-state index in [4.69, 9.17) is 0 Å². The van der Waals surface area contributed by atoms with Crippen LogP contribution < -0.4 is 5.32 Å². The second-order valence-electron chi connectivity index (χ2n) is 4.92. The summed E-state index contributed by atoms with van der Waals surface area (Å²) in [6, 6.07) is 6.83. The van der Waals surface area contributed by atoms with Crippen molar-refractivity contribution in [3.8, 4) is 0 Å². The van der Waals surface area contributed by atoms with Gasteiger partial charge in [-0.2, -0.15) is 0 Å². The van der Waals surface area contributed by atoms with Crippen molar-refractivity contribution in [3.05, 3.63) is 29.8 Å². The quantitative estimate of drug-likeness (QED) is 0.883. The van der Waals surface area contributed by atoms with Crippen molar-refractivity contribution >= 4 is 21.4 Å². The summed E-state index contributed by atoms with van der Waals surface area (Å²) in [6.45, 7) is 1.79. The zero-order valence-corrected chi connectivity index (χ0v) is 12.5. The van der Waals surface area contributed by atoms with Crippen molar-refractivity contribution in [2.75, 3.05) is 31.4 Å². The number of amides is 1. The van der Waals surface area contributed by atoms with Gasteiger partial charge in [-0.1, -0.05) is 6.07 Å². The molecule has 1 N–H and O–H groups in total. The van der Waals surface area contributed by atoms with Crippen LogP contribution in [0, 0.1) is 0 Å². The van der Waals surface area contributed by atoms with Gasteiger partial charge in [0.25, 0.3) is 5.91 Å². The Morgan fingerprint density at radius 3 is 2.53 bits per heavy atom. The predicted octanol–water partition coefficient (Wildman–Crippen LogP) is 1.23. The van der Waals surface area contributed by atoms with E-state index in [2.05, 4.69) is 5.32 Å². The first kappa shape index (κ1) is 15.5. The third-order valence-corrected chi connectivity index (χ3v) is 3.59. The predicted molar refractivity (Wildman–Crippen MR) is 77.3 cm³/mol. The molecular formula is C13H20N2O3S. The lowest BCUT2D eigenvalue weighted by Gasteiger charge is -2.16. The van der Waals surface area contributed by atoms with Gasteiger partial charge in [0.2, 0.25) is 0 Å². The minimum Gasteiger partial charge on any atom is -0.382 e. The molecule has 1 unspecified atom stereocenters. The zero-order chi connectivity index (χ0) is 14.6. The molecule has 5 nitrogen and oxygen atoms in total. The fourth-order valence-electron chi connectivity index (χ4n) is 1.78. The Balaban J connectivity index is 2.80. The summed E-state index contributed by atoms with van der Waals surface area (Å²) >= 11 is 0. The molecule has 0 aromatic heterocycles. The highest BCUT2D eigenvalue weighted by Gasteiger charge is 2.12. The van der Waals surface area contributed by atoms with Crippen molar-refractivity contribution in [1.29, 1.82) is 0 Å². The standard InChI is InChI=1S/C13H20N2O3S/c1-10(9-19(4,17)18)14-12-7-5-6-11(8-12)13(16)15(2)3/h5-8,10,14H,9H2,1-4H3. The average Bonchev–Trinajstić information content (AvgIpc) is 2.25. The molecule has 0 fully saturated rings. The highest BCUT2D eigenvalue weighted by Crippen LogP contribution is 2.13. The third kappa shape index (κ3) is 5.30. The van der Waals surface area contributed by atoms with Crippen molar-refractivity contribution in [2.45, 2.75) is 13.0 Å². The summed E-state index contributed by atoms with van der Waals surface area (Å²) in [7, 11) is 0.357. The normalized spacial score (nSPS) is 12.8. The molecule has 0 bridgehead atoms. The third-order valence-electron chi connectivity index (χ3n) is 2.48. The van der Waals surface area contributed by atoms with Gasteiger partial charge in [-0.15, -0.1) is 0 Å². The summed E-state index contributed by atoms with van der Waals surface area (Å²) in [5, 5.41) is 3.08. The van der Waals surface area contributed by atoms with Crippen LogP contribution in [0.3, 0.4) is 0 Å². The lowest BCUT2D eigenvalue weighted by atomic mass is 10.1. The molecule has 1 atom stereocenters. The Bertz CT molecular complexity index is 553. The Kier molecular flexibility index (Phi) is 4.94. The summed E-state index contributed by atoms with van der Waals surface area (Å²) < 4.78 is 22.4. The summed E-state index contributed by atoms with van der Waals surface area (Å²) in [4.78, 5) is 13.3. The van der Waals surface area contributed by atoms with Gasteiger partial charge in [0.15, 0.2) is 0 Å². The molecule has 6 heteroatoms. The van der Waals surface area contributed by atoms with E-state index in [0.29, 0.717) is 5.56 Å². The maximum atomic E-state index is 11.8. The van der Waals surface area contributed by atoms with Crippen LogP contribution in [-0.4, -0.2) is 51.4 Å². The van der Waals surface area contributed by atoms with Crippen LogP contribution in [0.2, 0.25) is 0 Å². The maximum absolute atomic E-state index is 11.8. The molecule has 0 radical (unpaired) electrons.